The fourth-order valence-corrected chi connectivity index (χ4v) is 5.06. The third-order valence-corrected chi connectivity index (χ3v) is 7.02. The zero-order chi connectivity index (χ0) is 17.3. The lowest BCUT2D eigenvalue weighted by molar-refractivity contribution is -0.161. The smallest absolute Gasteiger partial charge is 0.496 e. The molecule has 0 aromatic carbocycles. The highest BCUT2D eigenvalue weighted by molar-refractivity contribution is 6.53. The summed E-state index contributed by atoms with van der Waals surface area (Å²) >= 11 is 0. The van der Waals surface area contributed by atoms with Crippen LogP contribution in [-0.2, 0) is 23.6 Å². The maximum atomic E-state index is 12.3. The Hall–Kier alpha value is -1.08. The highest BCUT2D eigenvalue weighted by Crippen LogP contribution is 2.62. The van der Waals surface area contributed by atoms with E-state index in [1.807, 2.05) is 4.90 Å². The molecular formula is C17H26BNO5. The van der Waals surface area contributed by atoms with E-state index in [1.54, 1.807) is 6.92 Å². The molecule has 5 rings (SSSR count). The van der Waals surface area contributed by atoms with Crippen LogP contribution in [0.15, 0.2) is 0 Å². The van der Waals surface area contributed by atoms with Crippen molar-refractivity contribution in [3.8, 4) is 0 Å². The van der Waals surface area contributed by atoms with Gasteiger partial charge in [-0.2, -0.15) is 0 Å². The third kappa shape index (κ3) is 2.48. The minimum atomic E-state index is -0.921. The molecule has 2 unspecified atom stereocenters. The van der Waals surface area contributed by atoms with E-state index < -0.39 is 12.6 Å². The maximum absolute atomic E-state index is 12.3. The molecule has 0 spiro atoms. The van der Waals surface area contributed by atoms with Crippen molar-refractivity contribution in [2.45, 2.75) is 52.1 Å². The summed E-state index contributed by atoms with van der Waals surface area (Å²) in [5, 5.41) is 0. The number of carbonyl (C=O) groups excluding carboxylic acids is 2. The van der Waals surface area contributed by atoms with Crippen LogP contribution in [0.3, 0.4) is 0 Å². The van der Waals surface area contributed by atoms with Crippen molar-refractivity contribution in [3.05, 3.63) is 0 Å². The summed E-state index contributed by atoms with van der Waals surface area (Å²) in [7, 11) is -0.921. The Balaban J connectivity index is 1.47. The second-order valence-electron chi connectivity index (χ2n) is 8.84. The van der Waals surface area contributed by atoms with E-state index >= 15 is 0 Å². The van der Waals surface area contributed by atoms with E-state index in [-0.39, 0.29) is 31.1 Å². The first-order valence-electron chi connectivity index (χ1n) is 8.98. The van der Waals surface area contributed by atoms with E-state index in [0.29, 0.717) is 29.8 Å². The zero-order valence-electron chi connectivity index (χ0n) is 14.9. The summed E-state index contributed by atoms with van der Waals surface area (Å²) < 4.78 is 16.0. The number of epoxide rings is 1. The molecule has 3 aliphatic carbocycles. The fourth-order valence-electron chi connectivity index (χ4n) is 5.06. The van der Waals surface area contributed by atoms with Gasteiger partial charge < -0.3 is 14.0 Å². The Morgan fingerprint density at radius 2 is 1.67 bits per heavy atom. The van der Waals surface area contributed by atoms with Crippen LogP contribution in [0.1, 0.15) is 40.5 Å². The SMILES string of the molecule is C[C@H]1C(N2CC(=O)OB([C@@]3(C)CO3)OC(=O)C2)CC2C[C@H]1C2(C)C. The van der Waals surface area contributed by atoms with E-state index in [9.17, 15) is 9.59 Å². The Kier molecular flexibility index (Phi) is 3.56. The molecule has 0 N–H and O–H groups in total. The van der Waals surface area contributed by atoms with Gasteiger partial charge in [-0.05, 0) is 42.9 Å². The number of hydrogen-bond donors (Lipinski definition) is 0. The van der Waals surface area contributed by atoms with Crippen LogP contribution in [0, 0.1) is 23.2 Å². The van der Waals surface area contributed by atoms with Crippen LogP contribution in [0.4, 0.5) is 0 Å². The first-order chi connectivity index (χ1) is 11.2. The minimum Gasteiger partial charge on any atom is -0.496 e. The van der Waals surface area contributed by atoms with Gasteiger partial charge in [-0.3, -0.25) is 14.5 Å². The molecular weight excluding hydrogens is 309 g/mol. The largest absolute Gasteiger partial charge is 0.635 e. The van der Waals surface area contributed by atoms with Gasteiger partial charge in [0.1, 0.15) is 0 Å². The molecule has 2 aliphatic heterocycles. The molecule has 7 heteroatoms. The van der Waals surface area contributed by atoms with Crippen molar-refractivity contribution in [2.24, 2.45) is 23.2 Å². The van der Waals surface area contributed by atoms with Gasteiger partial charge in [0.05, 0.1) is 19.7 Å². The normalized spacial score (nSPS) is 44.8. The highest BCUT2D eigenvalue weighted by Gasteiger charge is 2.61. The summed E-state index contributed by atoms with van der Waals surface area (Å²) in [6.07, 6.45) is 2.31. The molecule has 0 aromatic heterocycles. The van der Waals surface area contributed by atoms with Crippen molar-refractivity contribution < 1.29 is 23.6 Å². The van der Waals surface area contributed by atoms with Crippen LogP contribution >= 0.6 is 0 Å². The summed E-state index contributed by atoms with van der Waals surface area (Å²) in [6.45, 7) is 9.47. The molecule has 0 radical (unpaired) electrons. The van der Waals surface area contributed by atoms with Gasteiger partial charge in [-0.1, -0.05) is 20.8 Å². The first-order valence-corrected chi connectivity index (χ1v) is 8.98. The predicted molar refractivity (Wildman–Crippen MR) is 86.8 cm³/mol. The van der Waals surface area contributed by atoms with Gasteiger partial charge in [0.25, 0.3) is 0 Å². The van der Waals surface area contributed by atoms with Gasteiger partial charge in [0.2, 0.25) is 0 Å². The number of ether oxygens (including phenoxy) is 1. The van der Waals surface area contributed by atoms with Gasteiger partial charge in [-0.15, -0.1) is 0 Å². The first kappa shape index (κ1) is 16.4. The Labute approximate surface area is 143 Å². The molecule has 2 heterocycles. The monoisotopic (exact) mass is 335 g/mol. The average Bonchev–Trinajstić information content (AvgIpc) is 3.22. The molecule has 0 aromatic rings. The van der Waals surface area contributed by atoms with Gasteiger partial charge >= 0.3 is 19.1 Å². The quantitative estimate of drug-likeness (QED) is 0.559. The van der Waals surface area contributed by atoms with Crippen molar-refractivity contribution in [2.75, 3.05) is 19.7 Å². The lowest BCUT2D eigenvalue weighted by atomic mass is 9.44. The van der Waals surface area contributed by atoms with Crippen LogP contribution in [0.5, 0.6) is 0 Å². The minimum absolute atomic E-state index is 0.149. The van der Waals surface area contributed by atoms with Crippen LogP contribution in [0.2, 0.25) is 0 Å². The molecule has 0 amide bonds. The molecule has 5 fully saturated rings. The van der Waals surface area contributed by atoms with Crippen LogP contribution in [-0.4, -0.2) is 55.2 Å². The van der Waals surface area contributed by atoms with Gasteiger partial charge in [-0.25, -0.2) is 0 Å². The molecule has 2 saturated heterocycles. The molecule has 2 bridgehead atoms. The number of carbonyl (C=O) groups is 2. The number of rotatable bonds is 2. The van der Waals surface area contributed by atoms with Crippen molar-refractivity contribution in [3.63, 3.8) is 0 Å². The fraction of sp³-hybridized carbons (Fsp3) is 0.882. The zero-order valence-corrected chi connectivity index (χ0v) is 14.9. The van der Waals surface area contributed by atoms with Gasteiger partial charge in [0, 0.05) is 6.04 Å². The van der Waals surface area contributed by atoms with E-state index in [0.717, 1.165) is 6.42 Å². The molecule has 24 heavy (non-hydrogen) atoms. The number of fused-ring (bicyclic) bond motifs is 2. The maximum Gasteiger partial charge on any atom is 0.635 e. The summed E-state index contributed by atoms with van der Waals surface area (Å²) in [4.78, 5) is 26.6. The van der Waals surface area contributed by atoms with E-state index in [1.165, 1.54) is 6.42 Å². The van der Waals surface area contributed by atoms with Crippen molar-refractivity contribution in [1.82, 2.24) is 4.90 Å². The summed E-state index contributed by atoms with van der Waals surface area (Å²) in [5.74, 6) is 1.12. The third-order valence-electron chi connectivity index (χ3n) is 7.02. The molecule has 5 aliphatic rings. The van der Waals surface area contributed by atoms with E-state index in [4.69, 9.17) is 14.0 Å². The predicted octanol–water partition coefficient (Wildman–Crippen LogP) is 1.28. The lowest BCUT2D eigenvalue weighted by Gasteiger charge is -2.63. The summed E-state index contributed by atoms with van der Waals surface area (Å²) in [5.41, 5.74) is -0.292. The molecule has 5 atom stereocenters. The van der Waals surface area contributed by atoms with Crippen LogP contribution in [0.25, 0.3) is 0 Å². The van der Waals surface area contributed by atoms with E-state index in [2.05, 4.69) is 20.8 Å². The topological polar surface area (TPSA) is 68.4 Å². The average molecular weight is 335 g/mol. The second-order valence-corrected chi connectivity index (χ2v) is 8.84. The number of nitrogens with zero attached hydrogens (tertiary/aromatic N) is 1. The second kappa shape index (κ2) is 5.21. The summed E-state index contributed by atoms with van der Waals surface area (Å²) in [6, 6.07) is 0.242. The van der Waals surface area contributed by atoms with Gasteiger partial charge in [0.15, 0.2) is 5.50 Å². The highest BCUT2D eigenvalue weighted by atomic mass is 16.7. The Morgan fingerprint density at radius 1 is 1.08 bits per heavy atom. The van der Waals surface area contributed by atoms with Crippen LogP contribution < -0.4 is 0 Å². The van der Waals surface area contributed by atoms with Crippen molar-refractivity contribution >= 4 is 19.1 Å². The molecule has 6 nitrogen and oxygen atoms in total. The molecule has 3 saturated carbocycles. The van der Waals surface area contributed by atoms with Crippen molar-refractivity contribution in [1.29, 1.82) is 0 Å². The Bertz CT molecular complexity index is 555. The number of hydrogen-bond acceptors (Lipinski definition) is 6. The lowest BCUT2D eigenvalue weighted by Crippen LogP contribution is -2.62. The molecule has 132 valence electrons. The Morgan fingerprint density at radius 3 is 2.12 bits per heavy atom. The standard InChI is InChI=1S/C17H26BNO5/c1-10-12-5-11(16(12,2)3)6-13(10)19-7-14(20)23-18(17(4)9-22-17)24-15(21)8-19/h10-13H,5-9H2,1-4H3/t10-,11?,12-,13?,17-/m1/s1.